The number of halogens is 2. The Morgan fingerprint density at radius 2 is 1.85 bits per heavy atom. The highest BCUT2D eigenvalue weighted by molar-refractivity contribution is 5.81. The predicted octanol–water partition coefficient (Wildman–Crippen LogP) is 2.45. The molecule has 0 heterocycles. The van der Waals surface area contributed by atoms with Crippen molar-refractivity contribution in [2.45, 2.75) is 19.3 Å². The summed E-state index contributed by atoms with van der Waals surface area (Å²) in [6, 6.07) is 9.13. The van der Waals surface area contributed by atoms with E-state index in [-0.39, 0.29) is 6.42 Å². The average Bonchev–Trinajstić information content (AvgIpc) is 2.15. The molecule has 0 aliphatic carbocycles. The topological polar surface area (TPSA) is 17.1 Å². The van der Waals surface area contributed by atoms with Crippen molar-refractivity contribution in [1.82, 2.24) is 0 Å². The van der Waals surface area contributed by atoms with E-state index < -0.39 is 12.2 Å². The van der Waals surface area contributed by atoms with Gasteiger partial charge >= 0.3 is 0 Å². The van der Waals surface area contributed by atoms with Gasteiger partial charge in [-0.25, -0.2) is 8.78 Å². The third-order valence-corrected chi connectivity index (χ3v) is 1.75. The fourth-order valence-corrected chi connectivity index (χ4v) is 1.02. The molecule has 0 amide bonds. The number of rotatable bonds is 4. The van der Waals surface area contributed by atoms with E-state index in [9.17, 15) is 13.6 Å². The second-order valence-electron chi connectivity index (χ2n) is 2.75. The maximum Gasteiger partial charge on any atom is 0.295 e. The molecule has 13 heavy (non-hydrogen) atoms. The van der Waals surface area contributed by atoms with Gasteiger partial charge in [0.15, 0.2) is 5.78 Å². The van der Waals surface area contributed by atoms with Crippen LogP contribution in [0.4, 0.5) is 8.78 Å². The Bertz CT molecular complexity index is 270. The van der Waals surface area contributed by atoms with Crippen LogP contribution < -0.4 is 0 Å². The van der Waals surface area contributed by atoms with Gasteiger partial charge in [-0.1, -0.05) is 30.3 Å². The zero-order chi connectivity index (χ0) is 9.68. The lowest BCUT2D eigenvalue weighted by Crippen LogP contribution is -2.10. The van der Waals surface area contributed by atoms with E-state index in [0.717, 1.165) is 5.56 Å². The molecular weight excluding hydrogens is 174 g/mol. The Labute approximate surface area is 75.4 Å². The highest BCUT2D eigenvalue weighted by atomic mass is 19.3. The summed E-state index contributed by atoms with van der Waals surface area (Å²) in [5, 5.41) is 0. The van der Waals surface area contributed by atoms with E-state index in [1.165, 1.54) is 0 Å². The van der Waals surface area contributed by atoms with Crippen molar-refractivity contribution >= 4 is 5.78 Å². The van der Waals surface area contributed by atoms with Crippen LogP contribution in [0.3, 0.4) is 0 Å². The molecule has 0 atom stereocenters. The lowest BCUT2D eigenvalue weighted by atomic mass is 10.1. The average molecular weight is 184 g/mol. The number of carbonyl (C=O) groups excluding carboxylic acids is 1. The maximum atomic E-state index is 11.8. The molecule has 0 fully saturated rings. The van der Waals surface area contributed by atoms with E-state index in [4.69, 9.17) is 0 Å². The number of benzene rings is 1. The van der Waals surface area contributed by atoms with Crippen molar-refractivity contribution in [3.05, 3.63) is 35.9 Å². The maximum absolute atomic E-state index is 11.8. The van der Waals surface area contributed by atoms with E-state index >= 15 is 0 Å². The number of Topliss-reactive ketones (excluding diaryl/α,β-unsaturated/α-hetero) is 1. The minimum Gasteiger partial charge on any atom is -0.293 e. The Morgan fingerprint density at radius 3 is 2.38 bits per heavy atom. The van der Waals surface area contributed by atoms with Gasteiger partial charge in [0.25, 0.3) is 6.43 Å². The Hall–Kier alpha value is -1.25. The van der Waals surface area contributed by atoms with Gasteiger partial charge in [0.1, 0.15) is 0 Å². The molecule has 0 spiro atoms. The summed E-state index contributed by atoms with van der Waals surface area (Å²) in [6.45, 7) is 0. The lowest BCUT2D eigenvalue weighted by Gasteiger charge is -1.99. The Kier molecular flexibility index (Phi) is 3.55. The van der Waals surface area contributed by atoms with Crippen molar-refractivity contribution < 1.29 is 13.6 Å². The second kappa shape index (κ2) is 4.70. The quantitative estimate of drug-likeness (QED) is 0.702. The summed E-state index contributed by atoms with van der Waals surface area (Å²) in [5.41, 5.74) is 0.913. The highest BCUT2D eigenvalue weighted by Gasteiger charge is 2.14. The largest absolute Gasteiger partial charge is 0.295 e. The molecule has 0 saturated heterocycles. The molecule has 70 valence electrons. The van der Waals surface area contributed by atoms with Gasteiger partial charge in [0.2, 0.25) is 0 Å². The minimum absolute atomic E-state index is 0.0817. The molecule has 0 saturated carbocycles. The molecule has 0 aliphatic rings. The van der Waals surface area contributed by atoms with Gasteiger partial charge in [-0.2, -0.15) is 0 Å². The molecule has 3 heteroatoms. The van der Waals surface area contributed by atoms with E-state index in [0.29, 0.717) is 6.42 Å². The van der Waals surface area contributed by atoms with Gasteiger partial charge in [-0.3, -0.25) is 4.79 Å². The number of alkyl halides is 2. The van der Waals surface area contributed by atoms with Gasteiger partial charge in [-0.05, 0) is 12.0 Å². The van der Waals surface area contributed by atoms with Gasteiger partial charge < -0.3 is 0 Å². The van der Waals surface area contributed by atoms with Crippen LogP contribution in [0.15, 0.2) is 30.3 Å². The first kappa shape index (κ1) is 9.84. The van der Waals surface area contributed by atoms with Crippen LogP contribution in [-0.2, 0) is 11.2 Å². The summed E-state index contributed by atoms with van der Waals surface area (Å²) >= 11 is 0. The monoisotopic (exact) mass is 184 g/mol. The fraction of sp³-hybridized carbons (Fsp3) is 0.300. The number of hydrogen-bond acceptors (Lipinski definition) is 1. The van der Waals surface area contributed by atoms with Crippen molar-refractivity contribution in [1.29, 1.82) is 0 Å². The van der Waals surface area contributed by atoms with Crippen LogP contribution in [0.5, 0.6) is 0 Å². The zero-order valence-corrected chi connectivity index (χ0v) is 7.04. The third kappa shape index (κ3) is 3.32. The summed E-state index contributed by atoms with van der Waals surface area (Å²) < 4.78 is 23.6. The molecule has 1 aromatic rings. The highest BCUT2D eigenvalue weighted by Crippen LogP contribution is 2.05. The molecule has 1 rings (SSSR count). The van der Waals surface area contributed by atoms with Gasteiger partial charge in [0, 0.05) is 6.42 Å². The van der Waals surface area contributed by atoms with Crippen LogP contribution >= 0.6 is 0 Å². The molecule has 0 aromatic heterocycles. The zero-order valence-electron chi connectivity index (χ0n) is 7.04. The van der Waals surface area contributed by atoms with Crippen molar-refractivity contribution in [3.8, 4) is 0 Å². The first-order valence-electron chi connectivity index (χ1n) is 4.05. The summed E-state index contributed by atoms with van der Waals surface area (Å²) in [5.74, 6) is -0.983. The summed E-state index contributed by atoms with van der Waals surface area (Å²) in [4.78, 5) is 10.6. The Balaban J connectivity index is 2.40. The van der Waals surface area contributed by atoms with Crippen molar-refractivity contribution in [2.75, 3.05) is 0 Å². The van der Waals surface area contributed by atoms with Crippen molar-refractivity contribution in [3.63, 3.8) is 0 Å². The molecule has 1 aromatic carbocycles. The molecule has 0 bridgehead atoms. The fourth-order valence-electron chi connectivity index (χ4n) is 1.02. The molecule has 0 aliphatic heterocycles. The van der Waals surface area contributed by atoms with E-state index in [1.807, 2.05) is 30.3 Å². The molecule has 0 radical (unpaired) electrons. The van der Waals surface area contributed by atoms with E-state index in [1.54, 1.807) is 0 Å². The number of hydrogen-bond donors (Lipinski definition) is 0. The van der Waals surface area contributed by atoms with Gasteiger partial charge in [-0.15, -0.1) is 0 Å². The number of aryl methyl sites for hydroxylation is 1. The van der Waals surface area contributed by atoms with Crippen molar-refractivity contribution in [2.24, 2.45) is 0 Å². The first-order valence-corrected chi connectivity index (χ1v) is 4.05. The van der Waals surface area contributed by atoms with Crippen LogP contribution in [0.2, 0.25) is 0 Å². The molecule has 0 N–H and O–H groups in total. The van der Waals surface area contributed by atoms with Crippen LogP contribution in [0.25, 0.3) is 0 Å². The number of carbonyl (C=O) groups is 1. The van der Waals surface area contributed by atoms with E-state index in [2.05, 4.69) is 0 Å². The van der Waals surface area contributed by atoms with Gasteiger partial charge in [0.05, 0.1) is 0 Å². The predicted molar refractivity (Wildman–Crippen MR) is 45.8 cm³/mol. The van der Waals surface area contributed by atoms with Crippen LogP contribution in [0.1, 0.15) is 12.0 Å². The normalized spacial score (nSPS) is 10.4. The summed E-state index contributed by atoms with van der Waals surface area (Å²) in [6.07, 6.45) is -2.52. The second-order valence-corrected chi connectivity index (χ2v) is 2.75. The van der Waals surface area contributed by atoms with Crippen LogP contribution in [-0.4, -0.2) is 12.2 Å². The Morgan fingerprint density at radius 1 is 1.23 bits per heavy atom. The smallest absolute Gasteiger partial charge is 0.293 e. The molecular formula is C10H10F2O. The standard InChI is InChI=1S/C10H10F2O/c11-10(12)9(13)7-6-8-4-2-1-3-5-8/h1-5,10H,6-7H2. The molecule has 1 nitrogen and oxygen atoms in total. The number of ketones is 1. The van der Waals surface area contributed by atoms with Crippen LogP contribution in [0, 0.1) is 0 Å². The lowest BCUT2D eigenvalue weighted by molar-refractivity contribution is -0.129. The third-order valence-electron chi connectivity index (χ3n) is 1.75. The SMILES string of the molecule is O=C(CCc1ccccc1)C(F)F. The first-order chi connectivity index (χ1) is 6.20. The summed E-state index contributed by atoms with van der Waals surface area (Å²) in [7, 11) is 0. The minimum atomic E-state index is -2.83. The molecule has 0 unspecified atom stereocenters.